The molecule has 32 heavy (non-hydrogen) atoms. The van der Waals surface area contributed by atoms with Crippen LogP contribution in [0.3, 0.4) is 0 Å². The molecule has 3 rings (SSSR count). The number of sulfone groups is 1. The Kier molecular flexibility index (Phi) is 7.30. The first-order valence-corrected chi connectivity index (χ1v) is 14.7. The molecular formula is C20H26N2O7S3. The number of rotatable bonds is 8. The van der Waals surface area contributed by atoms with E-state index in [0.717, 1.165) is 6.26 Å². The Bertz CT molecular complexity index is 1270. The topological polar surface area (TPSA) is 127 Å². The van der Waals surface area contributed by atoms with Crippen molar-refractivity contribution in [2.75, 3.05) is 33.0 Å². The van der Waals surface area contributed by atoms with Gasteiger partial charge in [-0.3, -0.25) is 0 Å². The Balaban J connectivity index is 1.92. The molecule has 0 saturated carbocycles. The van der Waals surface area contributed by atoms with Gasteiger partial charge in [0.25, 0.3) is 0 Å². The van der Waals surface area contributed by atoms with Crippen molar-refractivity contribution in [2.24, 2.45) is 5.92 Å². The third-order valence-electron chi connectivity index (χ3n) is 5.32. The monoisotopic (exact) mass is 502 g/mol. The van der Waals surface area contributed by atoms with Gasteiger partial charge in [0.2, 0.25) is 29.9 Å². The van der Waals surface area contributed by atoms with E-state index in [4.69, 9.17) is 4.74 Å². The number of piperidine rings is 1. The summed E-state index contributed by atoms with van der Waals surface area (Å²) in [5, 5.41) is 0. The minimum Gasteiger partial charge on any atom is -0.497 e. The molecular weight excluding hydrogens is 476 g/mol. The first kappa shape index (κ1) is 24.6. The van der Waals surface area contributed by atoms with Crippen LogP contribution in [-0.4, -0.2) is 62.6 Å². The molecule has 1 N–H and O–H groups in total. The summed E-state index contributed by atoms with van der Waals surface area (Å²) in [6.45, 7) is 0.563. The number of methoxy groups -OCH3 is 1. The normalized spacial score (nSPS) is 16.7. The lowest BCUT2D eigenvalue weighted by Gasteiger charge is -2.31. The second-order valence-corrected chi connectivity index (χ2v) is 13.3. The van der Waals surface area contributed by atoms with Gasteiger partial charge < -0.3 is 4.74 Å². The van der Waals surface area contributed by atoms with E-state index >= 15 is 0 Å². The minimum absolute atomic E-state index is 0.000404. The van der Waals surface area contributed by atoms with Crippen LogP contribution in [0.4, 0.5) is 0 Å². The zero-order chi connectivity index (χ0) is 23.6. The minimum atomic E-state index is -4.12. The lowest BCUT2D eigenvalue weighted by atomic mass is 9.99. The van der Waals surface area contributed by atoms with Crippen LogP contribution in [0.2, 0.25) is 0 Å². The van der Waals surface area contributed by atoms with Gasteiger partial charge in [-0.25, -0.2) is 30.0 Å². The molecule has 0 atom stereocenters. The summed E-state index contributed by atoms with van der Waals surface area (Å²) in [6.07, 6.45) is 1.99. The van der Waals surface area contributed by atoms with E-state index in [9.17, 15) is 25.3 Å². The highest BCUT2D eigenvalue weighted by atomic mass is 32.2. The molecule has 1 heterocycles. The molecule has 12 heteroatoms. The molecule has 0 unspecified atom stereocenters. The average Bonchev–Trinajstić information content (AvgIpc) is 2.77. The molecule has 0 spiro atoms. The first-order valence-electron chi connectivity index (χ1n) is 9.88. The van der Waals surface area contributed by atoms with E-state index in [1.165, 1.54) is 41.7 Å². The van der Waals surface area contributed by atoms with Gasteiger partial charge in [-0.15, -0.1) is 0 Å². The molecule has 1 saturated heterocycles. The Labute approximate surface area is 189 Å². The Morgan fingerprint density at radius 2 is 1.56 bits per heavy atom. The molecule has 1 fully saturated rings. The SMILES string of the molecule is COc1ccc(S(=O)(=O)N2CCC(CNS(C)(=O)=O)CC2)c(S(=O)(=O)c2ccccc2)c1. The van der Waals surface area contributed by atoms with Gasteiger partial charge in [-0.05, 0) is 43.0 Å². The van der Waals surface area contributed by atoms with E-state index in [-0.39, 0.29) is 46.0 Å². The second kappa shape index (κ2) is 9.48. The van der Waals surface area contributed by atoms with Crippen LogP contribution in [-0.2, 0) is 29.9 Å². The van der Waals surface area contributed by atoms with Crippen molar-refractivity contribution in [1.29, 1.82) is 0 Å². The molecule has 1 aliphatic rings. The highest BCUT2D eigenvalue weighted by Gasteiger charge is 2.35. The summed E-state index contributed by atoms with van der Waals surface area (Å²) in [4.78, 5) is -0.672. The van der Waals surface area contributed by atoms with E-state index in [0.29, 0.717) is 12.8 Å². The second-order valence-electron chi connectivity index (χ2n) is 7.60. The number of hydrogen-bond donors (Lipinski definition) is 1. The average molecular weight is 503 g/mol. The largest absolute Gasteiger partial charge is 0.497 e. The van der Waals surface area contributed by atoms with Gasteiger partial charge in [0, 0.05) is 25.7 Å². The maximum atomic E-state index is 13.4. The van der Waals surface area contributed by atoms with Gasteiger partial charge in [-0.2, -0.15) is 4.31 Å². The third kappa shape index (κ3) is 5.49. The Morgan fingerprint density at radius 1 is 0.938 bits per heavy atom. The smallest absolute Gasteiger partial charge is 0.244 e. The van der Waals surface area contributed by atoms with E-state index in [2.05, 4.69) is 4.72 Å². The van der Waals surface area contributed by atoms with Crippen LogP contribution in [0.1, 0.15) is 12.8 Å². The van der Waals surface area contributed by atoms with Crippen molar-refractivity contribution < 1.29 is 30.0 Å². The van der Waals surface area contributed by atoms with Crippen LogP contribution in [0.15, 0.2) is 63.2 Å². The fourth-order valence-corrected chi connectivity index (χ4v) is 7.61. The van der Waals surface area contributed by atoms with Crippen molar-refractivity contribution in [3.63, 3.8) is 0 Å². The molecule has 0 radical (unpaired) electrons. The number of benzene rings is 2. The van der Waals surface area contributed by atoms with Crippen LogP contribution in [0.5, 0.6) is 5.75 Å². The number of ether oxygens (including phenoxy) is 1. The fraction of sp³-hybridized carbons (Fsp3) is 0.400. The Morgan fingerprint density at radius 3 is 2.12 bits per heavy atom. The molecule has 1 aliphatic heterocycles. The lowest BCUT2D eigenvalue weighted by Crippen LogP contribution is -2.41. The number of hydrogen-bond acceptors (Lipinski definition) is 7. The Hall–Kier alpha value is -1.99. The summed E-state index contributed by atoms with van der Waals surface area (Å²) >= 11 is 0. The first-order chi connectivity index (χ1) is 14.9. The molecule has 176 valence electrons. The number of sulfonamides is 2. The van der Waals surface area contributed by atoms with Gasteiger partial charge in [0.05, 0.1) is 23.2 Å². The van der Waals surface area contributed by atoms with Gasteiger partial charge in [-0.1, -0.05) is 18.2 Å². The third-order valence-corrected chi connectivity index (χ3v) is 9.91. The molecule has 0 aliphatic carbocycles. The molecule has 0 bridgehead atoms. The van der Waals surface area contributed by atoms with Crippen molar-refractivity contribution >= 4 is 29.9 Å². The van der Waals surface area contributed by atoms with Crippen LogP contribution in [0, 0.1) is 5.92 Å². The van der Waals surface area contributed by atoms with Crippen molar-refractivity contribution in [2.45, 2.75) is 27.5 Å². The standard InChI is InChI=1S/C20H26N2O7S3/c1-29-17-8-9-19(20(14-17)31(25,26)18-6-4-3-5-7-18)32(27,28)22-12-10-16(11-13-22)15-21-30(2,23)24/h3-9,14,16,21H,10-13,15H2,1-2H3. The maximum absolute atomic E-state index is 13.4. The molecule has 2 aromatic rings. The van der Waals surface area contributed by atoms with Gasteiger partial charge >= 0.3 is 0 Å². The predicted molar refractivity (Wildman–Crippen MR) is 119 cm³/mol. The zero-order valence-corrected chi connectivity index (χ0v) is 20.2. The maximum Gasteiger partial charge on any atom is 0.244 e. The van der Waals surface area contributed by atoms with Crippen molar-refractivity contribution in [3.8, 4) is 5.75 Å². The predicted octanol–water partition coefficient (Wildman–Crippen LogP) is 1.48. The number of nitrogens with zero attached hydrogens (tertiary/aromatic N) is 1. The quantitative estimate of drug-likeness (QED) is 0.579. The highest BCUT2D eigenvalue weighted by molar-refractivity contribution is 7.93. The summed E-state index contributed by atoms with van der Waals surface area (Å²) in [5.41, 5.74) is 0. The van der Waals surface area contributed by atoms with Gasteiger partial charge in [0.1, 0.15) is 10.6 Å². The summed E-state index contributed by atoms with van der Waals surface area (Å²) in [6, 6.07) is 11.5. The van der Waals surface area contributed by atoms with E-state index in [1.807, 2.05) is 0 Å². The highest BCUT2D eigenvalue weighted by Crippen LogP contribution is 2.33. The summed E-state index contributed by atoms with van der Waals surface area (Å²) in [5.74, 6) is 0.226. The van der Waals surface area contributed by atoms with Gasteiger partial charge in [0.15, 0.2) is 0 Å². The van der Waals surface area contributed by atoms with E-state index in [1.54, 1.807) is 18.2 Å². The van der Waals surface area contributed by atoms with E-state index < -0.39 is 29.9 Å². The molecule has 0 amide bonds. The molecule has 9 nitrogen and oxygen atoms in total. The van der Waals surface area contributed by atoms with Crippen molar-refractivity contribution in [3.05, 3.63) is 48.5 Å². The molecule has 2 aromatic carbocycles. The summed E-state index contributed by atoms with van der Waals surface area (Å²) < 4.78 is 84.8. The zero-order valence-electron chi connectivity index (χ0n) is 17.8. The van der Waals surface area contributed by atoms with Crippen molar-refractivity contribution in [1.82, 2.24) is 9.03 Å². The summed E-state index contributed by atoms with van der Waals surface area (Å²) in [7, 11) is -10.2. The number of nitrogens with one attached hydrogen (secondary N) is 1. The van der Waals surface area contributed by atoms with Crippen LogP contribution in [0.25, 0.3) is 0 Å². The lowest BCUT2D eigenvalue weighted by molar-refractivity contribution is 0.274. The van der Waals surface area contributed by atoms with Crippen LogP contribution >= 0.6 is 0 Å². The van der Waals surface area contributed by atoms with Crippen LogP contribution < -0.4 is 9.46 Å². The fourth-order valence-electron chi connectivity index (χ4n) is 3.53. The molecule has 0 aromatic heterocycles.